The standard InChI is InChI=1S/C12H23NO3/c1-12(2,16)5-7-13-6-3-4-10(9-13)8-11(14)15/h10,16H,3-9H2,1-2H3,(H,14,15). The van der Waals surface area contributed by atoms with Crippen LogP contribution in [0.4, 0.5) is 0 Å². The number of carboxylic acid groups (broad SMARTS) is 1. The average Bonchev–Trinajstić information content (AvgIpc) is 2.13. The van der Waals surface area contributed by atoms with E-state index >= 15 is 0 Å². The predicted octanol–water partition coefficient (Wildman–Crippen LogP) is 1.33. The summed E-state index contributed by atoms with van der Waals surface area (Å²) < 4.78 is 0. The smallest absolute Gasteiger partial charge is 0.303 e. The lowest BCUT2D eigenvalue weighted by Crippen LogP contribution is -2.39. The molecule has 2 N–H and O–H groups in total. The van der Waals surface area contributed by atoms with Crippen molar-refractivity contribution in [3.63, 3.8) is 0 Å². The van der Waals surface area contributed by atoms with Gasteiger partial charge >= 0.3 is 5.97 Å². The molecule has 1 saturated heterocycles. The molecule has 1 unspecified atom stereocenters. The van der Waals surface area contributed by atoms with Crippen LogP contribution in [0.15, 0.2) is 0 Å². The van der Waals surface area contributed by atoms with Crippen LogP contribution in [0, 0.1) is 5.92 Å². The molecular weight excluding hydrogens is 206 g/mol. The third kappa shape index (κ3) is 5.47. The van der Waals surface area contributed by atoms with Crippen molar-refractivity contribution in [2.75, 3.05) is 19.6 Å². The minimum Gasteiger partial charge on any atom is -0.481 e. The van der Waals surface area contributed by atoms with E-state index in [0.717, 1.165) is 38.9 Å². The van der Waals surface area contributed by atoms with E-state index in [1.807, 2.05) is 13.8 Å². The molecule has 1 aliphatic heterocycles. The Hall–Kier alpha value is -0.610. The van der Waals surface area contributed by atoms with Crippen molar-refractivity contribution in [2.45, 2.75) is 45.1 Å². The van der Waals surface area contributed by atoms with Crippen LogP contribution in [0.1, 0.15) is 39.5 Å². The average molecular weight is 229 g/mol. The van der Waals surface area contributed by atoms with Gasteiger partial charge in [0.2, 0.25) is 0 Å². The van der Waals surface area contributed by atoms with Gasteiger partial charge in [-0.25, -0.2) is 0 Å². The fraction of sp³-hybridized carbons (Fsp3) is 0.917. The first-order valence-electron chi connectivity index (χ1n) is 6.03. The van der Waals surface area contributed by atoms with Gasteiger partial charge in [-0.3, -0.25) is 4.79 Å². The van der Waals surface area contributed by atoms with Crippen molar-refractivity contribution in [1.29, 1.82) is 0 Å². The van der Waals surface area contributed by atoms with Crippen molar-refractivity contribution < 1.29 is 15.0 Å². The van der Waals surface area contributed by atoms with Crippen LogP contribution in [0.5, 0.6) is 0 Å². The van der Waals surface area contributed by atoms with Gasteiger partial charge in [0.05, 0.1) is 5.60 Å². The van der Waals surface area contributed by atoms with E-state index in [2.05, 4.69) is 4.90 Å². The zero-order chi connectivity index (χ0) is 12.2. The highest BCUT2D eigenvalue weighted by molar-refractivity contribution is 5.67. The highest BCUT2D eigenvalue weighted by Crippen LogP contribution is 2.20. The second-order valence-corrected chi connectivity index (χ2v) is 5.47. The van der Waals surface area contributed by atoms with E-state index in [-0.39, 0.29) is 12.3 Å². The van der Waals surface area contributed by atoms with E-state index in [1.165, 1.54) is 0 Å². The minimum atomic E-state index is -0.700. The number of piperidine rings is 1. The Balaban J connectivity index is 2.30. The minimum absolute atomic E-state index is 0.277. The molecule has 0 aromatic heterocycles. The van der Waals surface area contributed by atoms with E-state index < -0.39 is 11.6 Å². The van der Waals surface area contributed by atoms with Crippen molar-refractivity contribution >= 4 is 5.97 Å². The van der Waals surface area contributed by atoms with E-state index in [9.17, 15) is 9.90 Å². The van der Waals surface area contributed by atoms with Crippen LogP contribution in [0.3, 0.4) is 0 Å². The predicted molar refractivity (Wildman–Crippen MR) is 62.3 cm³/mol. The Morgan fingerprint density at radius 1 is 1.50 bits per heavy atom. The normalized spacial score (nSPS) is 23.3. The van der Waals surface area contributed by atoms with Crippen molar-refractivity contribution in [3.05, 3.63) is 0 Å². The second kappa shape index (κ2) is 5.64. The summed E-state index contributed by atoms with van der Waals surface area (Å²) >= 11 is 0. The summed E-state index contributed by atoms with van der Waals surface area (Å²) in [5.41, 5.74) is -0.625. The molecule has 1 aliphatic rings. The molecule has 1 fully saturated rings. The third-order valence-electron chi connectivity index (χ3n) is 3.11. The Bertz CT molecular complexity index is 235. The molecule has 1 heterocycles. The first-order chi connectivity index (χ1) is 7.37. The fourth-order valence-corrected chi connectivity index (χ4v) is 2.20. The summed E-state index contributed by atoms with van der Waals surface area (Å²) in [5.74, 6) is -0.414. The molecule has 0 radical (unpaired) electrons. The number of carbonyl (C=O) groups is 1. The Labute approximate surface area is 97.3 Å². The molecule has 1 atom stereocenters. The first-order valence-corrected chi connectivity index (χ1v) is 6.03. The van der Waals surface area contributed by atoms with Gasteiger partial charge in [0.25, 0.3) is 0 Å². The summed E-state index contributed by atoms with van der Waals surface area (Å²) in [4.78, 5) is 12.9. The Kier molecular flexibility index (Phi) is 4.74. The molecule has 0 bridgehead atoms. The van der Waals surface area contributed by atoms with Crippen LogP contribution >= 0.6 is 0 Å². The van der Waals surface area contributed by atoms with Crippen molar-refractivity contribution in [1.82, 2.24) is 4.90 Å². The topological polar surface area (TPSA) is 60.8 Å². The lowest BCUT2D eigenvalue weighted by molar-refractivity contribution is -0.138. The molecule has 0 spiro atoms. The van der Waals surface area contributed by atoms with Crippen LogP contribution in [-0.2, 0) is 4.79 Å². The van der Waals surface area contributed by atoms with Crippen LogP contribution in [0.2, 0.25) is 0 Å². The fourth-order valence-electron chi connectivity index (χ4n) is 2.20. The summed E-state index contributed by atoms with van der Waals surface area (Å²) in [6, 6.07) is 0. The Morgan fingerprint density at radius 3 is 2.75 bits per heavy atom. The number of aliphatic hydroxyl groups is 1. The monoisotopic (exact) mass is 229 g/mol. The number of carboxylic acids is 1. The molecule has 0 aliphatic carbocycles. The number of hydrogen-bond acceptors (Lipinski definition) is 3. The molecule has 0 amide bonds. The van der Waals surface area contributed by atoms with E-state index in [1.54, 1.807) is 0 Å². The highest BCUT2D eigenvalue weighted by Gasteiger charge is 2.23. The third-order valence-corrected chi connectivity index (χ3v) is 3.11. The summed E-state index contributed by atoms with van der Waals surface area (Å²) in [6.07, 6.45) is 3.11. The summed E-state index contributed by atoms with van der Waals surface area (Å²) in [7, 11) is 0. The molecule has 1 rings (SSSR count). The summed E-state index contributed by atoms with van der Waals surface area (Å²) in [6.45, 7) is 6.38. The number of hydrogen-bond donors (Lipinski definition) is 2. The van der Waals surface area contributed by atoms with Crippen molar-refractivity contribution in [2.24, 2.45) is 5.92 Å². The Morgan fingerprint density at radius 2 is 2.19 bits per heavy atom. The van der Waals surface area contributed by atoms with E-state index in [4.69, 9.17) is 5.11 Å². The molecule has 0 saturated carbocycles. The van der Waals surface area contributed by atoms with Crippen LogP contribution in [-0.4, -0.2) is 46.3 Å². The number of rotatable bonds is 5. The first kappa shape index (κ1) is 13.5. The second-order valence-electron chi connectivity index (χ2n) is 5.47. The van der Waals surface area contributed by atoms with Gasteiger partial charge in [0.1, 0.15) is 0 Å². The van der Waals surface area contributed by atoms with Gasteiger partial charge in [0, 0.05) is 19.5 Å². The maximum atomic E-state index is 10.6. The number of aliphatic carboxylic acids is 1. The quantitative estimate of drug-likeness (QED) is 0.746. The van der Waals surface area contributed by atoms with Gasteiger partial charge in [0.15, 0.2) is 0 Å². The van der Waals surface area contributed by atoms with Crippen LogP contribution in [0.25, 0.3) is 0 Å². The molecule has 0 aromatic rings. The van der Waals surface area contributed by atoms with Gasteiger partial charge in [-0.15, -0.1) is 0 Å². The maximum Gasteiger partial charge on any atom is 0.303 e. The molecule has 94 valence electrons. The number of likely N-dealkylation sites (tertiary alicyclic amines) is 1. The molecular formula is C12H23NO3. The maximum absolute atomic E-state index is 10.6. The molecule has 16 heavy (non-hydrogen) atoms. The number of nitrogens with zero attached hydrogens (tertiary/aromatic N) is 1. The summed E-state index contributed by atoms with van der Waals surface area (Å²) in [5, 5.41) is 18.4. The largest absolute Gasteiger partial charge is 0.481 e. The van der Waals surface area contributed by atoms with Crippen molar-refractivity contribution in [3.8, 4) is 0 Å². The highest BCUT2D eigenvalue weighted by atomic mass is 16.4. The molecule has 0 aromatic carbocycles. The zero-order valence-electron chi connectivity index (χ0n) is 10.3. The SMILES string of the molecule is CC(C)(O)CCN1CCCC(CC(=O)O)C1. The zero-order valence-corrected chi connectivity index (χ0v) is 10.3. The molecule has 4 nitrogen and oxygen atoms in total. The lowest BCUT2D eigenvalue weighted by Gasteiger charge is -2.33. The van der Waals surface area contributed by atoms with Gasteiger partial charge in [-0.2, -0.15) is 0 Å². The van der Waals surface area contributed by atoms with Crippen LogP contribution < -0.4 is 0 Å². The lowest BCUT2D eigenvalue weighted by atomic mass is 9.94. The van der Waals surface area contributed by atoms with Gasteiger partial charge in [-0.1, -0.05) is 0 Å². The van der Waals surface area contributed by atoms with E-state index in [0.29, 0.717) is 0 Å². The van der Waals surface area contributed by atoms with Gasteiger partial charge < -0.3 is 15.1 Å². The van der Waals surface area contributed by atoms with Gasteiger partial charge in [-0.05, 0) is 45.6 Å². The molecule has 4 heteroatoms.